The van der Waals surface area contributed by atoms with Crippen LogP contribution in [0.3, 0.4) is 0 Å². The van der Waals surface area contributed by atoms with E-state index in [1.165, 1.54) is 11.0 Å². The Kier molecular flexibility index (Phi) is 4.62. The summed E-state index contributed by atoms with van der Waals surface area (Å²) in [6, 6.07) is 10.8. The fraction of sp³-hybridized carbons (Fsp3) is 0.348. The van der Waals surface area contributed by atoms with E-state index in [1.54, 1.807) is 30.6 Å². The van der Waals surface area contributed by atoms with Crippen LogP contribution in [0.2, 0.25) is 0 Å². The fourth-order valence-corrected chi connectivity index (χ4v) is 6.81. The first kappa shape index (κ1) is 20.2. The van der Waals surface area contributed by atoms with Crippen molar-refractivity contribution in [2.24, 2.45) is 11.8 Å². The largest absolute Gasteiger partial charge is 0.444 e. The number of thioether (sulfide) groups is 1. The van der Waals surface area contributed by atoms with Crippen molar-refractivity contribution in [3.8, 4) is 17.2 Å². The van der Waals surface area contributed by atoms with Gasteiger partial charge in [0.1, 0.15) is 17.3 Å². The van der Waals surface area contributed by atoms with Crippen LogP contribution in [0.1, 0.15) is 11.4 Å². The van der Waals surface area contributed by atoms with Crippen molar-refractivity contribution in [1.82, 2.24) is 20.4 Å². The second-order valence-electron chi connectivity index (χ2n) is 8.60. The van der Waals surface area contributed by atoms with Crippen molar-refractivity contribution in [1.29, 1.82) is 5.26 Å². The van der Waals surface area contributed by atoms with Crippen molar-refractivity contribution in [2.45, 2.75) is 17.9 Å². The monoisotopic (exact) mass is 462 g/mol. The van der Waals surface area contributed by atoms with Crippen LogP contribution in [-0.4, -0.2) is 50.6 Å². The van der Waals surface area contributed by atoms with Crippen molar-refractivity contribution in [3.63, 3.8) is 0 Å². The number of hydrogen-bond acceptors (Lipinski definition) is 7. The Morgan fingerprint density at radius 3 is 2.88 bits per heavy atom. The molecule has 3 fully saturated rings. The Morgan fingerprint density at radius 2 is 2.15 bits per heavy atom. The number of benzene rings is 1. The van der Waals surface area contributed by atoms with E-state index in [0.717, 1.165) is 17.2 Å². The molecule has 4 heterocycles. The van der Waals surface area contributed by atoms with Gasteiger partial charge in [-0.25, -0.2) is 9.18 Å². The molecule has 33 heavy (non-hydrogen) atoms. The molecule has 1 amide bonds. The maximum atomic E-state index is 15.4. The van der Waals surface area contributed by atoms with Crippen LogP contribution in [-0.2, 0) is 16.6 Å². The molecule has 8 nitrogen and oxygen atoms in total. The first-order valence-corrected chi connectivity index (χ1v) is 11.8. The van der Waals surface area contributed by atoms with Gasteiger partial charge < -0.3 is 4.74 Å². The highest BCUT2D eigenvalue weighted by atomic mass is 32.2. The predicted molar refractivity (Wildman–Crippen MR) is 119 cm³/mol. The lowest BCUT2D eigenvalue weighted by molar-refractivity contribution is 0.141. The van der Waals surface area contributed by atoms with Gasteiger partial charge >= 0.3 is 6.09 Å². The lowest BCUT2D eigenvalue weighted by Crippen LogP contribution is -2.25. The number of H-pyrrole nitrogens is 1. The Labute approximate surface area is 193 Å². The van der Waals surface area contributed by atoms with Crippen LogP contribution < -0.4 is 4.90 Å². The molecule has 1 saturated carbocycles. The van der Waals surface area contributed by atoms with Gasteiger partial charge in [-0.15, -0.1) is 5.10 Å². The molecule has 2 aliphatic heterocycles. The molecule has 10 heteroatoms. The molecule has 0 bridgehead atoms. The van der Waals surface area contributed by atoms with E-state index in [4.69, 9.17) is 4.74 Å². The minimum atomic E-state index is -0.638. The minimum Gasteiger partial charge on any atom is -0.444 e. The van der Waals surface area contributed by atoms with Crippen LogP contribution in [0.5, 0.6) is 0 Å². The number of halogens is 1. The maximum Gasteiger partial charge on any atom is 0.414 e. The molecule has 0 spiro atoms. The zero-order valence-corrected chi connectivity index (χ0v) is 18.3. The second-order valence-corrected chi connectivity index (χ2v) is 9.67. The van der Waals surface area contributed by atoms with Crippen molar-refractivity contribution < 1.29 is 13.9 Å². The predicted octanol–water partition coefficient (Wildman–Crippen LogP) is 3.33. The van der Waals surface area contributed by atoms with E-state index >= 15 is 4.39 Å². The summed E-state index contributed by atoms with van der Waals surface area (Å²) in [6.07, 6.45) is 2.80. The summed E-state index contributed by atoms with van der Waals surface area (Å²) in [5.74, 6) is 1.93. The van der Waals surface area contributed by atoms with Crippen LogP contribution in [0.4, 0.5) is 14.9 Å². The number of fused-ring (bicyclic) bond motifs is 1. The molecule has 166 valence electrons. The molecule has 2 aromatic heterocycles. The highest BCUT2D eigenvalue weighted by Gasteiger charge is 2.69. The zero-order valence-electron chi connectivity index (χ0n) is 17.4. The topological polar surface area (TPSA) is 108 Å². The summed E-state index contributed by atoms with van der Waals surface area (Å²) in [4.78, 5) is 18.4. The highest BCUT2D eigenvalue weighted by Crippen LogP contribution is 2.66. The molecule has 2 unspecified atom stereocenters. The van der Waals surface area contributed by atoms with Gasteiger partial charge in [-0.05, 0) is 47.6 Å². The van der Waals surface area contributed by atoms with Gasteiger partial charge in [0.25, 0.3) is 0 Å². The van der Waals surface area contributed by atoms with E-state index in [0.29, 0.717) is 35.5 Å². The van der Waals surface area contributed by atoms with E-state index in [-0.39, 0.29) is 17.9 Å². The molecule has 2 saturated heterocycles. The number of hydrogen-bond donors (Lipinski definition) is 1. The number of anilines is 1. The summed E-state index contributed by atoms with van der Waals surface area (Å²) < 4.78 is 20.8. The number of aromatic amines is 1. The molecule has 1 aromatic carbocycles. The van der Waals surface area contributed by atoms with Crippen LogP contribution in [0.15, 0.2) is 42.7 Å². The molecule has 1 aliphatic carbocycles. The lowest BCUT2D eigenvalue weighted by Gasteiger charge is -2.18. The summed E-state index contributed by atoms with van der Waals surface area (Å²) in [6.45, 7) is 0.299. The normalized spacial score (nSPS) is 27.8. The molecular weight excluding hydrogens is 443 g/mol. The molecule has 3 aliphatic rings. The number of aromatic nitrogens is 4. The minimum absolute atomic E-state index is 0.268. The summed E-state index contributed by atoms with van der Waals surface area (Å²) >= 11 is 1.86. The number of nitrogens with zero attached hydrogens (tertiary/aromatic N) is 5. The number of carbonyl (C=O) groups excluding carboxylic acids is 1. The number of ether oxygens (including phenoxy) is 1. The Morgan fingerprint density at radius 1 is 1.30 bits per heavy atom. The summed E-state index contributed by atoms with van der Waals surface area (Å²) in [5, 5.41) is 20.2. The molecular formula is C23H19FN6O2S. The molecule has 1 N–H and O–H groups in total. The van der Waals surface area contributed by atoms with Gasteiger partial charge in [0.05, 0.1) is 35.9 Å². The number of amides is 1. The SMILES string of the molecule is N#CC1(c2ncccc2-c2ccc(N3C[C@@H](Cc4cnn[nH]4)OC3=O)cc2F)C2CSCC21. The van der Waals surface area contributed by atoms with Crippen molar-refractivity contribution in [3.05, 3.63) is 59.9 Å². The van der Waals surface area contributed by atoms with Crippen LogP contribution >= 0.6 is 11.8 Å². The number of pyridine rings is 1. The number of nitrogens with one attached hydrogen (secondary N) is 1. The number of nitriles is 1. The quantitative estimate of drug-likeness (QED) is 0.620. The Hall–Kier alpha value is -3.45. The van der Waals surface area contributed by atoms with Crippen LogP contribution in [0.25, 0.3) is 11.1 Å². The summed E-state index contributed by atoms with van der Waals surface area (Å²) in [7, 11) is 0. The van der Waals surface area contributed by atoms with Gasteiger partial charge in [-0.2, -0.15) is 17.0 Å². The number of cyclic esters (lactones) is 1. The van der Waals surface area contributed by atoms with E-state index in [9.17, 15) is 10.1 Å². The molecule has 3 aromatic rings. The van der Waals surface area contributed by atoms with Crippen molar-refractivity contribution >= 4 is 23.5 Å². The lowest BCUT2D eigenvalue weighted by atomic mass is 9.90. The van der Waals surface area contributed by atoms with Gasteiger partial charge in [-0.1, -0.05) is 11.3 Å². The fourth-order valence-electron chi connectivity index (χ4n) is 5.17. The molecule has 6 rings (SSSR count). The average molecular weight is 463 g/mol. The number of carbonyl (C=O) groups is 1. The number of rotatable bonds is 5. The van der Waals surface area contributed by atoms with Gasteiger partial charge in [0, 0.05) is 23.7 Å². The van der Waals surface area contributed by atoms with Gasteiger partial charge in [0.15, 0.2) is 0 Å². The van der Waals surface area contributed by atoms with E-state index in [1.807, 2.05) is 17.8 Å². The first-order valence-electron chi connectivity index (χ1n) is 10.7. The van der Waals surface area contributed by atoms with Crippen molar-refractivity contribution in [2.75, 3.05) is 23.0 Å². The Balaban J connectivity index is 1.29. The summed E-state index contributed by atoms with van der Waals surface area (Å²) in [5.41, 5.74) is 2.21. The zero-order chi connectivity index (χ0) is 22.6. The third-order valence-electron chi connectivity index (χ3n) is 6.87. The van der Waals surface area contributed by atoms with Crippen LogP contribution in [0, 0.1) is 29.0 Å². The first-order chi connectivity index (χ1) is 16.1. The van der Waals surface area contributed by atoms with Gasteiger partial charge in [-0.3, -0.25) is 15.0 Å². The highest BCUT2D eigenvalue weighted by molar-refractivity contribution is 7.99. The smallest absolute Gasteiger partial charge is 0.414 e. The second kappa shape index (κ2) is 7.56. The Bertz CT molecular complexity index is 1270. The maximum absolute atomic E-state index is 15.4. The third kappa shape index (κ3) is 3.10. The molecule has 0 radical (unpaired) electrons. The molecule has 3 atom stereocenters. The van der Waals surface area contributed by atoms with E-state index in [2.05, 4.69) is 26.5 Å². The van der Waals surface area contributed by atoms with E-state index < -0.39 is 17.3 Å². The average Bonchev–Trinajstić information content (AvgIpc) is 3.35. The third-order valence-corrected chi connectivity index (χ3v) is 8.06. The standard InChI is InChI=1S/C23H19FN6O2S/c24-20-7-14(30-9-15(32-22(30)31)6-13-8-27-29-28-13)3-4-16(20)17-2-1-5-26-21(17)23(12-25)18-10-33-11-19(18)23/h1-5,7-8,15,18-19H,6,9-11H2,(H,27,28,29)/t15-,18?,19?,23?/m1/s1. The van der Waals surface area contributed by atoms with Gasteiger partial charge in [0.2, 0.25) is 0 Å².